The van der Waals surface area contributed by atoms with Gasteiger partial charge in [0.1, 0.15) is 6.04 Å². The largest absolute Gasteiger partial charge is 0.370 e. The number of rotatable bonds is 5. The number of carbonyl (C=O) groups is 3. The highest BCUT2D eigenvalue weighted by Crippen LogP contribution is 1.91. The fourth-order valence-corrected chi connectivity index (χ4v) is 0.720. The van der Waals surface area contributed by atoms with Gasteiger partial charge in [-0.25, -0.2) is 0 Å². The number of carbonyl (C=O) groups excluding carboxylic acids is 3. The molecule has 0 bridgehead atoms. The monoisotopic (exact) mass is 187 g/mol. The third-order valence-corrected chi connectivity index (χ3v) is 1.41. The van der Waals surface area contributed by atoms with E-state index in [1.165, 1.54) is 0 Å². The van der Waals surface area contributed by atoms with E-state index in [9.17, 15) is 14.4 Å². The van der Waals surface area contributed by atoms with Crippen LogP contribution in [-0.2, 0) is 14.4 Å². The van der Waals surface area contributed by atoms with Crippen molar-refractivity contribution in [2.75, 3.05) is 0 Å². The Morgan fingerprint density at radius 2 is 1.85 bits per heavy atom. The minimum absolute atomic E-state index is 0.225. The van der Waals surface area contributed by atoms with E-state index >= 15 is 0 Å². The molecule has 0 heterocycles. The molecule has 5 N–H and O–H groups in total. The molecule has 6 heteroatoms. The Morgan fingerprint density at radius 3 is 2.15 bits per heavy atom. The average Bonchev–Trinajstić information content (AvgIpc) is 2.02. The standard InChI is InChI=1S/C7H13N3O3/c1-2-6(12)10-4(7(9)13)3-5(8)11/h4H,2-3H2,1H3,(H2,8,11)(H2,9,13)(H,10,12)/t4-/m0/s1. The van der Waals surface area contributed by atoms with Gasteiger partial charge < -0.3 is 16.8 Å². The number of amides is 3. The Labute approximate surface area is 75.6 Å². The quantitative estimate of drug-likeness (QED) is 0.473. The molecule has 74 valence electrons. The lowest BCUT2D eigenvalue weighted by Gasteiger charge is -2.12. The molecule has 0 saturated heterocycles. The van der Waals surface area contributed by atoms with Crippen LogP contribution >= 0.6 is 0 Å². The Kier molecular flexibility index (Phi) is 4.50. The van der Waals surface area contributed by atoms with Crippen LogP contribution in [0.4, 0.5) is 0 Å². The molecule has 0 aliphatic heterocycles. The maximum Gasteiger partial charge on any atom is 0.240 e. The highest BCUT2D eigenvalue weighted by molar-refractivity contribution is 5.90. The first kappa shape index (κ1) is 11.4. The van der Waals surface area contributed by atoms with Crippen LogP contribution in [0.2, 0.25) is 0 Å². The molecule has 0 fully saturated rings. The second kappa shape index (κ2) is 5.13. The average molecular weight is 187 g/mol. The molecule has 0 aromatic rings. The Bertz CT molecular complexity index is 227. The summed E-state index contributed by atoms with van der Waals surface area (Å²) in [6, 6.07) is -0.995. The van der Waals surface area contributed by atoms with Gasteiger partial charge in [-0.1, -0.05) is 6.92 Å². The van der Waals surface area contributed by atoms with E-state index in [1.54, 1.807) is 6.92 Å². The van der Waals surface area contributed by atoms with Crippen molar-refractivity contribution in [1.29, 1.82) is 0 Å². The van der Waals surface area contributed by atoms with Crippen LogP contribution in [-0.4, -0.2) is 23.8 Å². The van der Waals surface area contributed by atoms with Gasteiger partial charge >= 0.3 is 0 Å². The van der Waals surface area contributed by atoms with E-state index in [0.29, 0.717) is 0 Å². The molecule has 0 rings (SSSR count). The number of primary amides is 2. The zero-order valence-corrected chi connectivity index (χ0v) is 7.37. The number of hydrogen-bond donors (Lipinski definition) is 3. The predicted molar refractivity (Wildman–Crippen MR) is 45.2 cm³/mol. The van der Waals surface area contributed by atoms with Crippen molar-refractivity contribution in [3.63, 3.8) is 0 Å². The van der Waals surface area contributed by atoms with Crippen molar-refractivity contribution < 1.29 is 14.4 Å². The number of nitrogens with one attached hydrogen (secondary N) is 1. The van der Waals surface area contributed by atoms with Gasteiger partial charge in [-0.2, -0.15) is 0 Å². The smallest absolute Gasteiger partial charge is 0.240 e. The minimum Gasteiger partial charge on any atom is -0.370 e. The van der Waals surface area contributed by atoms with Crippen molar-refractivity contribution in [2.24, 2.45) is 11.5 Å². The molecular weight excluding hydrogens is 174 g/mol. The number of hydrogen-bond acceptors (Lipinski definition) is 3. The topological polar surface area (TPSA) is 115 Å². The van der Waals surface area contributed by atoms with E-state index < -0.39 is 17.9 Å². The van der Waals surface area contributed by atoms with Gasteiger partial charge in [0.2, 0.25) is 17.7 Å². The summed E-state index contributed by atoms with van der Waals surface area (Å²) < 4.78 is 0. The lowest BCUT2D eigenvalue weighted by atomic mass is 10.2. The highest BCUT2D eigenvalue weighted by Gasteiger charge is 2.19. The van der Waals surface area contributed by atoms with Crippen molar-refractivity contribution >= 4 is 17.7 Å². The summed E-state index contributed by atoms with van der Waals surface area (Å²) in [7, 11) is 0. The van der Waals surface area contributed by atoms with Gasteiger partial charge in [0.15, 0.2) is 0 Å². The van der Waals surface area contributed by atoms with Crippen LogP contribution < -0.4 is 16.8 Å². The van der Waals surface area contributed by atoms with Gasteiger partial charge in [-0.3, -0.25) is 14.4 Å². The third kappa shape index (κ3) is 4.78. The Hall–Kier alpha value is -1.59. The zero-order chi connectivity index (χ0) is 10.4. The van der Waals surface area contributed by atoms with E-state index in [2.05, 4.69) is 5.32 Å². The van der Waals surface area contributed by atoms with Crippen LogP contribution in [0.3, 0.4) is 0 Å². The van der Waals surface area contributed by atoms with Crippen LogP contribution in [0.15, 0.2) is 0 Å². The van der Waals surface area contributed by atoms with Crippen molar-refractivity contribution in [2.45, 2.75) is 25.8 Å². The molecule has 0 aliphatic rings. The van der Waals surface area contributed by atoms with Gasteiger partial charge in [-0.05, 0) is 0 Å². The molecule has 0 saturated carbocycles. The molecule has 0 aliphatic carbocycles. The normalized spacial score (nSPS) is 11.8. The van der Waals surface area contributed by atoms with E-state index in [-0.39, 0.29) is 18.7 Å². The van der Waals surface area contributed by atoms with E-state index in [4.69, 9.17) is 11.5 Å². The summed E-state index contributed by atoms with van der Waals surface area (Å²) in [6.07, 6.45) is -0.0381. The summed E-state index contributed by atoms with van der Waals surface area (Å²) >= 11 is 0. The summed E-state index contributed by atoms with van der Waals surface area (Å²) in [6.45, 7) is 1.62. The fraction of sp³-hybridized carbons (Fsp3) is 0.571. The summed E-state index contributed by atoms with van der Waals surface area (Å²) in [5, 5.41) is 2.28. The minimum atomic E-state index is -0.995. The maximum atomic E-state index is 10.8. The lowest BCUT2D eigenvalue weighted by Crippen LogP contribution is -2.46. The first-order chi connectivity index (χ1) is 5.97. The van der Waals surface area contributed by atoms with Gasteiger partial charge in [0, 0.05) is 6.42 Å². The maximum absolute atomic E-state index is 10.8. The SMILES string of the molecule is CCC(=O)N[C@@H](CC(N)=O)C(N)=O. The lowest BCUT2D eigenvalue weighted by molar-refractivity contribution is -0.129. The highest BCUT2D eigenvalue weighted by atomic mass is 16.2. The third-order valence-electron chi connectivity index (χ3n) is 1.41. The molecule has 13 heavy (non-hydrogen) atoms. The summed E-state index contributed by atoms with van der Waals surface area (Å²) in [5.74, 6) is -1.79. The molecule has 0 unspecified atom stereocenters. The molecule has 6 nitrogen and oxygen atoms in total. The van der Waals surface area contributed by atoms with Crippen molar-refractivity contribution in [1.82, 2.24) is 5.32 Å². The second-order valence-electron chi connectivity index (χ2n) is 2.55. The van der Waals surface area contributed by atoms with Gasteiger partial charge in [-0.15, -0.1) is 0 Å². The van der Waals surface area contributed by atoms with Crippen LogP contribution in [0.25, 0.3) is 0 Å². The first-order valence-electron chi connectivity index (χ1n) is 3.84. The van der Waals surface area contributed by atoms with Gasteiger partial charge in [0.25, 0.3) is 0 Å². The van der Waals surface area contributed by atoms with Crippen molar-refractivity contribution in [3.8, 4) is 0 Å². The number of nitrogens with two attached hydrogens (primary N) is 2. The summed E-state index contributed by atoms with van der Waals surface area (Å²) in [4.78, 5) is 32.0. The first-order valence-corrected chi connectivity index (χ1v) is 3.84. The van der Waals surface area contributed by atoms with E-state index in [0.717, 1.165) is 0 Å². The molecule has 3 amide bonds. The van der Waals surface area contributed by atoms with Gasteiger partial charge in [0.05, 0.1) is 6.42 Å². The molecule has 0 spiro atoms. The fourth-order valence-electron chi connectivity index (χ4n) is 0.720. The molecule has 1 atom stereocenters. The Morgan fingerprint density at radius 1 is 1.31 bits per heavy atom. The summed E-state index contributed by atoms with van der Waals surface area (Å²) in [5.41, 5.74) is 9.78. The Balaban J connectivity index is 4.18. The second-order valence-corrected chi connectivity index (χ2v) is 2.55. The zero-order valence-electron chi connectivity index (χ0n) is 7.37. The predicted octanol–water partition coefficient (Wildman–Crippen LogP) is -1.76. The van der Waals surface area contributed by atoms with Crippen molar-refractivity contribution in [3.05, 3.63) is 0 Å². The molecule has 0 aromatic carbocycles. The van der Waals surface area contributed by atoms with Crippen LogP contribution in [0.5, 0.6) is 0 Å². The van der Waals surface area contributed by atoms with Crippen LogP contribution in [0, 0.1) is 0 Å². The molecule has 0 radical (unpaired) electrons. The van der Waals surface area contributed by atoms with Crippen LogP contribution in [0.1, 0.15) is 19.8 Å². The molecule has 0 aromatic heterocycles. The molecular formula is C7H13N3O3. The van der Waals surface area contributed by atoms with E-state index in [1.807, 2.05) is 0 Å².